The molecule has 0 aliphatic carbocycles. The largest absolute Gasteiger partial charge is 0.508 e. The van der Waals surface area contributed by atoms with Crippen LogP contribution in [-0.4, -0.2) is 27.7 Å². The molecule has 4 rings (SSSR count). The van der Waals surface area contributed by atoms with Crippen LogP contribution < -0.4 is 16.1 Å². The molecule has 2 heterocycles. The highest BCUT2D eigenvalue weighted by atomic mass is 16.3. The Bertz CT molecular complexity index is 1140. The average Bonchev–Trinajstić information content (AvgIpc) is 2.78. The van der Waals surface area contributed by atoms with E-state index in [2.05, 4.69) is 34.1 Å². The molecule has 0 spiro atoms. The van der Waals surface area contributed by atoms with Crippen molar-refractivity contribution in [1.82, 2.24) is 9.55 Å². The van der Waals surface area contributed by atoms with Gasteiger partial charge in [-0.1, -0.05) is 42.5 Å². The van der Waals surface area contributed by atoms with E-state index in [9.17, 15) is 14.7 Å². The van der Waals surface area contributed by atoms with E-state index < -0.39 is 0 Å². The lowest BCUT2D eigenvalue weighted by molar-refractivity contribution is 0.401. The molecule has 162 valence electrons. The predicted molar refractivity (Wildman–Crippen MR) is 123 cm³/mol. The van der Waals surface area contributed by atoms with Gasteiger partial charge in [0.2, 0.25) is 0 Å². The second kappa shape index (κ2) is 9.25. The molecule has 0 unspecified atom stereocenters. The van der Waals surface area contributed by atoms with Gasteiger partial charge in [-0.2, -0.15) is 0 Å². The topological polar surface area (TPSA) is 78.3 Å². The first-order valence-electron chi connectivity index (χ1n) is 10.9. The van der Waals surface area contributed by atoms with Crippen LogP contribution in [0.25, 0.3) is 0 Å². The van der Waals surface area contributed by atoms with Crippen molar-refractivity contribution in [3.05, 3.63) is 92.1 Å². The van der Waals surface area contributed by atoms with Crippen LogP contribution in [0.1, 0.15) is 29.5 Å². The molecule has 1 fully saturated rings. The number of hydrogen-bond donors (Lipinski definition) is 2. The summed E-state index contributed by atoms with van der Waals surface area (Å²) in [5, 5.41) is 9.71. The third kappa shape index (κ3) is 4.90. The number of hydrogen-bond acceptors (Lipinski definition) is 4. The Hall–Kier alpha value is -3.28. The van der Waals surface area contributed by atoms with Gasteiger partial charge in [-0.05, 0) is 61.3 Å². The minimum atomic E-state index is -0.382. The number of nitrogens with zero attached hydrogens (tertiary/aromatic N) is 2. The van der Waals surface area contributed by atoms with Crippen LogP contribution in [0, 0.1) is 5.92 Å². The number of piperidine rings is 1. The number of rotatable bonds is 6. The summed E-state index contributed by atoms with van der Waals surface area (Å²) in [6.45, 7) is 1.64. The van der Waals surface area contributed by atoms with Crippen molar-refractivity contribution in [2.45, 2.75) is 32.1 Å². The number of aromatic nitrogens is 2. The maximum absolute atomic E-state index is 12.9. The molecule has 2 aromatic carbocycles. The van der Waals surface area contributed by atoms with Gasteiger partial charge in [0.05, 0.1) is 5.56 Å². The van der Waals surface area contributed by atoms with Gasteiger partial charge in [-0.25, -0.2) is 4.79 Å². The lowest BCUT2D eigenvalue weighted by Crippen LogP contribution is -2.42. The summed E-state index contributed by atoms with van der Waals surface area (Å²) in [6, 6.07) is 17.6. The van der Waals surface area contributed by atoms with Gasteiger partial charge in [0.1, 0.15) is 11.6 Å². The Labute approximate surface area is 181 Å². The van der Waals surface area contributed by atoms with Crippen molar-refractivity contribution < 1.29 is 5.11 Å². The number of anilines is 1. The number of phenolic OH excluding ortho intramolecular Hbond substituents is 1. The molecule has 1 saturated heterocycles. The minimum Gasteiger partial charge on any atom is -0.508 e. The lowest BCUT2D eigenvalue weighted by Gasteiger charge is -2.34. The lowest BCUT2D eigenvalue weighted by atomic mass is 9.90. The van der Waals surface area contributed by atoms with Gasteiger partial charge < -0.3 is 10.0 Å². The summed E-state index contributed by atoms with van der Waals surface area (Å²) in [5.74, 6) is 1.48. The summed E-state index contributed by atoms with van der Waals surface area (Å²) in [7, 11) is 1.51. The zero-order valence-corrected chi connectivity index (χ0v) is 17.9. The van der Waals surface area contributed by atoms with E-state index in [1.807, 2.05) is 12.1 Å². The highest BCUT2D eigenvalue weighted by Gasteiger charge is 2.24. The van der Waals surface area contributed by atoms with Crippen LogP contribution in [0.15, 0.2) is 64.2 Å². The monoisotopic (exact) mass is 419 g/mol. The van der Waals surface area contributed by atoms with Crippen molar-refractivity contribution >= 4 is 5.82 Å². The first-order chi connectivity index (χ1) is 15.0. The van der Waals surface area contributed by atoms with Gasteiger partial charge in [0.15, 0.2) is 0 Å². The molecule has 2 N–H and O–H groups in total. The zero-order chi connectivity index (χ0) is 21.8. The van der Waals surface area contributed by atoms with E-state index in [1.54, 1.807) is 18.2 Å². The van der Waals surface area contributed by atoms with E-state index in [1.165, 1.54) is 12.6 Å². The van der Waals surface area contributed by atoms with E-state index in [0.717, 1.165) is 42.5 Å². The molecule has 0 atom stereocenters. The molecule has 0 bridgehead atoms. The fourth-order valence-corrected chi connectivity index (χ4v) is 4.44. The van der Waals surface area contributed by atoms with Crippen LogP contribution in [-0.2, 0) is 26.3 Å². The number of aromatic amines is 1. The van der Waals surface area contributed by atoms with E-state index >= 15 is 0 Å². The van der Waals surface area contributed by atoms with Gasteiger partial charge >= 0.3 is 5.69 Å². The van der Waals surface area contributed by atoms with E-state index in [-0.39, 0.29) is 17.0 Å². The summed E-state index contributed by atoms with van der Waals surface area (Å²) >= 11 is 0. The van der Waals surface area contributed by atoms with Gasteiger partial charge in [0.25, 0.3) is 5.56 Å². The first-order valence-corrected chi connectivity index (χ1v) is 10.9. The third-order valence-electron chi connectivity index (χ3n) is 6.25. The molecule has 3 aromatic rings. The van der Waals surface area contributed by atoms with Gasteiger partial charge in [0, 0.05) is 20.1 Å². The Balaban J connectivity index is 1.51. The first kappa shape index (κ1) is 21.0. The number of benzene rings is 2. The van der Waals surface area contributed by atoms with Crippen LogP contribution in [0.3, 0.4) is 0 Å². The fourth-order valence-electron chi connectivity index (χ4n) is 4.44. The fraction of sp³-hybridized carbons (Fsp3) is 0.360. The second-order valence-electron chi connectivity index (χ2n) is 8.41. The molecule has 6 nitrogen and oxygen atoms in total. The molecule has 1 aliphatic rings. The molecular formula is C25H29N3O3. The molecule has 0 saturated carbocycles. The van der Waals surface area contributed by atoms with Crippen molar-refractivity contribution in [1.29, 1.82) is 0 Å². The zero-order valence-electron chi connectivity index (χ0n) is 17.9. The molecular weight excluding hydrogens is 390 g/mol. The maximum atomic E-state index is 12.9. The highest BCUT2D eigenvalue weighted by molar-refractivity contribution is 5.46. The van der Waals surface area contributed by atoms with Crippen LogP contribution in [0.2, 0.25) is 0 Å². The minimum absolute atomic E-state index is 0.215. The molecule has 0 radical (unpaired) electrons. The Morgan fingerprint density at radius 1 is 0.968 bits per heavy atom. The Morgan fingerprint density at radius 2 is 1.68 bits per heavy atom. The standard InChI is InChI=1S/C25H29N3O3/c1-27-24(30)22(11-10-19-8-5-9-21(29)17-19)23(26-25(27)31)28-14-12-20(13-15-28)16-18-6-3-2-4-7-18/h2-9,17,20,29H,10-16H2,1H3,(H,26,31). The predicted octanol–water partition coefficient (Wildman–Crippen LogP) is 3.02. The maximum Gasteiger partial charge on any atom is 0.329 e. The molecule has 31 heavy (non-hydrogen) atoms. The number of aromatic hydroxyl groups is 1. The molecule has 6 heteroatoms. The average molecular weight is 420 g/mol. The van der Waals surface area contributed by atoms with Crippen LogP contribution >= 0.6 is 0 Å². The number of phenols is 1. The number of nitrogens with one attached hydrogen (secondary N) is 1. The quantitative estimate of drug-likeness (QED) is 0.644. The van der Waals surface area contributed by atoms with E-state index in [0.29, 0.717) is 30.1 Å². The van der Waals surface area contributed by atoms with Crippen LogP contribution in [0.4, 0.5) is 5.82 Å². The van der Waals surface area contributed by atoms with E-state index in [4.69, 9.17) is 0 Å². The number of aryl methyl sites for hydroxylation is 1. The smallest absolute Gasteiger partial charge is 0.329 e. The SMILES string of the molecule is Cn1c(=O)[nH]c(N2CCC(Cc3ccccc3)CC2)c(CCc2cccc(O)c2)c1=O. The summed E-state index contributed by atoms with van der Waals surface area (Å²) in [5.41, 5.74) is 2.32. The van der Waals surface area contributed by atoms with Gasteiger partial charge in [-0.15, -0.1) is 0 Å². The molecule has 0 amide bonds. The Morgan fingerprint density at radius 3 is 2.39 bits per heavy atom. The third-order valence-corrected chi connectivity index (χ3v) is 6.25. The summed E-state index contributed by atoms with van der Waals surface area (Å²) < 4.78 is 1.14. The van der Waals surface area contributed by atoms with Crippen LogP contribution in [0.5, 0.6) is 5.75 Å². The van der Waals surface area contributed by atoms with Crippen molar-refractivity contribution in [3.63, 3.8) is 0 Å². The molecule has 1 aromatic heterocycles. The highest BCUT2D eigenvalue weighted by Crippen LogP contribution is 2.26. The van der Waals surface area contributed by atoms with Crippen molar-refractivity contribution in [2.24, 2.45) is 13.0 Å². The van der Waals surface area contributed by atoms with Crippen molar-refractivity contribution in [3.8, 4) is 5.75 Å². The summed E-state index contributed by atoms with van der Waals surface area (Å²) in [6.07, 6.45) is 4.24. The number of H-pyrrole nitrogens is 1. The Kier molecular flexibility index (Phi) is 6.26. The van der Waals surface area contributed by atoms with Crippen molar-refractivity contribution in [2.75, 3.05) is 18.0 Å². The second-order valence-corrected chi connectivity index (χ2v) is 8.41. The van der Waals surface area contributed by atoms with Gasteiger partial charge in [-0.3, -0.25) is 14.3 Å². The summed E-state index contributed by atoms with van der Waals surface area (Å²) in [4.78, 5) is 30.3. The normalized spacial score (nSPS) is 14.7. The molecule has 1 aliphatic heterocycles.